The van der Waals surface area contributed by atoms with E-state index < -0.39 is 17.7 Å². The maximum atomic E-state index is 13.9. The Hall–Kier alpha value is -3.31. The molecule has 1 aliphatic heterocycles. The highest BCUT2D eigenvalue weighted by atomic mass is 19.2. The van der Waals surface area contributed by atoms with Gasteiger partial charge in [-0.1, -0.05) is 26.0 Å². The van der Waals surface area contributed by atoms with E-state index in [1.54, 1.807) is 4.57 Å². The molecule has 3 aromatic rings. The van der Waals surface area contributed by atoms with Crippen molar-refractivity contribution in [2.45, 2.75) is 32.9 Å². The van der Waals surface area contributed by atoms with Crippen molar-refractivity contribution in [2.75, 3.05) is 26.2 Å². The first-order valence-corrected chi connectivity index (χ1v) is 11.2. The van der Waals surface area contributed by atoms with E-state index in [0.717, 1.165) is 43.8 Å². The summed E-state index contributed by atoms with van der Waals surface area (Å²) in [7, 11) is 0. The number of aromatic nitrogens is 2. The van der Waals surface area contributed by atoms with Gasteiger partial charge in [0.15, 0.2) is 11.6 Å². The summed E-state index contributed by atoms with van der Waals surface area (Å²) in [5.41, 5.74) is 2.52. The van der Waals surface area contributed by atoms with Crippen LogP contribution in [0, 0.1) is 28.9 Å². The standard InChI is InChI=1S/C25H27F2N5O/c1-17(2)24(32-16-29-22-12-20(26)21(27)13-23(22)32)25(33)31-9-3-8-30(10-11-31)15-19-6-4-18(14-28)5-7-19/h4-7,12-13,16-17,24H,3,8-11,15H2,1-2H3. The molecule has 0 spiro atoms. The summed E-state index contributed by atoms with van der Waals surface area (Å²) in [6.45, 7) is 7.50. The predicted molar refractivity (Wildman–Crippen MR) is 121 cm³/mol. The van der Waals surface area contributed by atoms with Crippen molar-refractivity contribution in [3.05, 3.63) is 65.5 Å². The highest BCUT2D eigenvalue weighted by molar-refractivity contribution is 5.84. The summed E-state index contributed by atoms with van der Waals surface area (Å²) in [6.07, 6.45) is 2.35. The van der Waals surface area contributed by atoms with Crippen molar-refractivity contribution in [2.24, 2.45) is 5.92 Å². The van der Waals surface area contributed by atoms with Crippen LogP contribution in [-0.2, 0) is 11.3 Å². The van der Waals surface area contributed by atoms with Crippen LogP contribution in [0.15, 0.2) is 42.7 Å². The molecular weight excluding hydrogens is 424 g/mol. The summed E-state index contributed by atoms with van der Waals surface area (Å²) in [5.74, 6) is -1.99. The van der Waals surface area contributed by atoms with Crippen molar-refractivity contribution in [3.63, 3.8) is 0 Å². The number of imidazole rings is 1. The van der Waals surface area contributed by atoms with Gasteiger partial charge in [0.25, 0.3) is 0 Å². The van der Waals surface area contributed by atoms with E-state index in [4.69, 9.17) is 5.26 Å². The largest absolute Gasteiger partial charge is 0.340 e. The number of rotatable bonds is 5. The second-order valence-corrected chi connectivity index (χ2v) is 8.86. The Morgan fingerprint density at radius 1 is 1.09 bits per heavy atom. The van der Waals surface area contributed by atoms with Crippen LogP contribution in [0.4, 0.5) is 8.78 Å². The molecule has 172 valence electrons. The van der Waals surface area contributed by atoms with Gasteiger partial charge in [0.1, 0.15) is 6.04 Å². The van der Waals surface area contributed by atoms with Gasteiger partial charge in [-0.3, -0.25) is 9.69 Å². The van der Waals surface area contributed by atoms with E-state index >= 15 is 0 Å². The summed E-state index contributed by atoms with van der Waals surface area (Å²) in [6, 6.07) is 11.3. The Labute approximate surface area is 192 Å². The third-order valence-corrected chi connectivity index (χ3v) is 6.19. The zero-order valence-corrected chi connectivity index (χ0v) is 18.8. The van der Waals surface area contributed by atoms with Crippen molar-refractivity contribution >= 4 is 16.9 Å². The molecule has 0 N–H and O–H groups in total. The molecule has 1 saturated heterocycles. The summed E-state index contributed by atoms with van der Waals surface area (Å²) in [5, 5.41) is 8.97. The third kappa shape index (κ3) is 4.88. The number of benzene rings is 2. The highest BCUT2D eigenvalue weighted by Crippen LogP contribution is 2.27. The molecule has 6 nitrogen and oxygen atoms in total. The number of hydrogen-bond acceptors (Lipinski definition) is 4. The normalized spacial score (nSPS) is 16.1. The number of halogens is 2. The van der Waals surface area contributed by atoms with E-state index in [1.807, 2.05) is 43.0 Å². The van der Waals surface area contributed by atoms with E-state index in [0.29, 0.717) is 29.7 Å². The van der Waals surface area contributed by atoms with Crippen LogP contribution in [0.3, 0.4) is 0 Å². The van der Waals surface area contributed by atoms with Crippen LogP contribution in [0.5, 0.6) is 0 Å². The minimum atomic E-state index is -0.951. The highest BCUT2D eigenvalue weighted by Gasteiger charge is 2.31. The average Bonchev–Trinajstić information content (AvgIpc) is 3.03. The Morgan fingerprint density at radius 3 is 2.52 bits per heavy atom. The molecule has 2 heterocycles. The molecule has 1 fully saturated rings. The lowest BCUT2D eigenvalue weighted by molar-refractivity contribution is -0.135. The number of nitrogens with zero attached hydrogens (tertiary/aromatic N) is 5. The summed E-state index contributed by atoms with van der Waals surface area (Å²) < 4.78 is 29.2. The van der Waals surface area contributed by atoms with Crippen molar-refractivity contribution in [1.82, 2.24) is 19.4 Å². The van der Waals surface area contributed by atoms with E-state index in [1.165, 1.54) is 6.33 Å². The molecule has 1 atom stereocenters. The second-order valence-electron chi connectivity index (χ2n) is 8.86. The van der Waals surface area contributed by atoms with Crippen molar-refractivity contribution < 1.29 is 13.6 Å². The third-order valence-electron chi connectivity index (χ3n) is 6.19. The first-order chi connectivity index (χ1) is 15.9. The number of hydrogen-bond donors (Lipinski definition) is 0. The number of nitriles is 1. The van der Waals surface area contributed by atoms with Crippen LogP contribution in [0.2, 0.25) is 0 Å². The number of carbonyl (C=O) groups is 1. The Bertz CT molecular complexity index is 1180. The predicted octanol–water partition coefficient (Wildman–Crippen LogP) is 4.12. The molecule has 33 heavy (non-hydrogen) atoms. The van der Waals surface area contributed by atoms with E-state index in [-0.39, 0.29) is 11.8 Å². The summed E-state index contributed by atoms with van der Waals surface area (Å²) in [4.78, 5) is 22.0. The Kier molecular flexibility index (Phi) is 6.70. The lowest BCUT2D eigenvalue weighted by Gasteiger charge is -2.29. The molecule has 1 unspecified atom stereocenters. The Balaban J connectivity index is 1.49. The molecule has 0 aliphatic carbocycles. The smallest absolute Gasteiger partial charge is 0.246 e. The maximum absolute atomic E-state index is 13.9. The number of carbonyl (C=O) groups excluding carboxylic acids is 1. The van der Waals surface area contributed by atoms with Crippen LogP contribution in [0.25, 0.3) is 11.0 Å². The fourth-order valence-electron chi connectivity index (χ4n) is 4.45. The number of amides is 1. The van der Waals surface area contributed by atoms with Crippen molar-refractivity contribution in [3.8, 4) is 6.07 Å². The lowest BCUT2D eigenvalue weighted by Crippen LogP contribution is -2.41. The Morgan fingerprint density at radius 2 is 1.82 bits per heavy atom. The number of fused-ring (bicyclic) bond motifs is 1. The fourth-order valence-corrected chi connectivity index (χ4v) is 4.45. The molecule has 0 saturated carbocycles. The average molecular weight is 452 g/mol. The summed E-state index contributed by atoms with van der Waals surface area (Å²) >= 11 is 0. The molecule has 0 bridgehead atoms. The zero-order valence-electron chi connectivity index (χ0n) is 18.8. The van der Waals surface area contributed by atoms with Gasteiger partial charge in [0.2, 0.25) is 5.91 Å². The van der Waals surface area contributed by atoms with Crippen LogP contribution >= 0.6 is 0 Å². The monoisotopic (exact) mass is 451 g/mol. The van der Waals surface area contributed by atoms with Crippen LogP contribution in [-0.4, -0.2) is 51.4 Å². The zero-order chi connectivity index (χ0) is 23.5. The first kappa shape index (κ1) is 22.9. The lowest BCUT2D eigenvalue weighted by atomic mass is 10.0. The fraction of sp³-hybridized carbons (Fsp3) is 0.400. The first-order valence-electron chi connectivity index (χ1n) is 11.2. The molecule has 1 aliphatic rings. The molecule has 8 heteroatoms. The molecule has 0 radical (unpaired) electrons. The van der Waals surface area contributed by atoms with Gasteiger partial charge in [0.05, 0.1) is 29.0 Å². The quantitative estimate of drug-likeness (QED) is 0.586. The van der Waals surface area contributed by atoms with Gasteiger partial charge in [-0.15, -0.1) is 0 Å². The maximum Gasteiger partial charge on any atom is 0.246 e. The molecular formula is C25H27F2N5O. The molecule has 4 rings (SSSR count). The van der Waals surface area contributed by atoms with Gasteiger partial charge in [0, 0.05) is 44.9 Å². The van der Waals surface area contributed by atoms with Crippen molar-refractivity contribution in [1.29, 1.82) is 5.26 Å². The van der Waals surface area contributed by atoms with E-state index in [2.05, 4.69) is 16.0 Å². The topological polar surface area (TPSA) is 65.2 Å². The molecule has 1 aromatic heterocycles. The van der Waals surface area contributed by atoms with Gasteiger partial charge < -0.3 is 9.47 Å². The minimum absolute atomic E-state index is 0.0331. The van der Waals surface area contributed by atoms with Crippen LogP contribution in [0.1, 0.15) is 37.4 Å². The molecule has 1 amide bonds. The van der Waals surface area contributed by atoms with Gasteiger partial charge in [-0.25, -0.2) is 13.8 Å². The van der Waals surface area contributed by atoms with E-state index in [9.17, 15) is 13.6 Å². The minimum Gasteiger partial charge on any atom is -0.340 e. The van der Waals surface area contributed by atoms with Crippen LogP contribution < -0.4 is 0 Å². The second kappa shape index (κ2) is 9.67. The van der Waals surface area contributed by atoms with Gasteiger partial charge in [-0.2, -0.15) is 5.26 Å². The van der Waals surface area contributed by atoms with Gasteiger partial charge >= 0.3 is 0 Å². The van der Waals surface area contributed by atoms with Gasteiger partial charge in [-0.05, 0) is 30.0 Å². The SMILES string of the molecule is CC(C)C(C(=O)N1CCCN(Cc2ccc(C#N)cc2)CC1)n1cnc2cc(F)c(F)cc21. The molecule has 2 aromatic carbocycles.